The lowest BCUT2D eigenvalue weighted by atomic mass is 10.2. The largest absolute Gasteiger partial charge is 0.396 e. The fraction of sp³-hybridized carbons (Fsp3) is 0.333. The predicted molar refractivity (Wildman–Crippen MR) is 87.7 cm³/mol. The number of nitrogens with one attached hydrogen (secondary N) is 2. The number of unbranched alkanes of at least 4 members (excludes halogenated alkanes) is 2. The van der Waals surface area contributed by atoms with Crippen LogP contribution in [0.25, 0.3) is 0 Å². The van der Waals surface area contributed by atoms with E-state index in [1.165, 1.54) is 12.3 Å². The zero-order valence-corrected chi connectivity index (χ0v) is 13.4. The molecule has 0 aromatic heterocycles. The van der Waals surface area contributed by atoms with E-state index in [1.807, 2.05) is 6.07 Å². The maximum atomic E-state index is 12.0. The van der Waals surface area contributed by atoms with E-state index in [2.05, 4.69) is 10.6 Å². The molecule has 0 aliphatic heterocycles. The van der Waals surface area contributed by atoms with Gasteiger partial charge in [0.15, 0.2) is 0 Å². The fourth-order valence-electron chi connectivity index (χ4n) is 1.62. The van der Waals surface area contributed by atoms with Crippen LogP contribution < -0.4 is 10.6 Å². The number of carbonyl (C=O) groups excluding carboxylic acids is 1. The molecular formula is C15H17Cl2N3O2. The summed E-state index contributed by atoms with van der Waals surface area (Å²) >= 11 is 11.7. The van der Waals surface area contributed by atoms with Crippen LogP contribution in [0.5, 0.6) is 0 Å². The van der Waals surface area contributed by atoms with Crippen molar-refractivity contribution in [3.63, 3.8) is 0 Å². The van der Waals surface area contributed by atoms with E-state index in [9.17, 15) is 4.79 Å². The molecule has 0 aliphatic carbocycles. The van der Waals surface area contributed by atoms with Gasteiger partial charge in [0.2, 0.25) is 0 Å². The van der Waals surface area contributed by atoms with E-state index >= 15 is 0 Å². The van der Waals surface area contributed by atoms with Gasteiger partial charge < -0.3 is 15.7 Å². The topological polar surface area (TPSA) is 85.2 Å². The van der Waals surface area contributed by atoms with Gasteiger partial charge in [0.25, 0.3) is 5.91 Å². The molecule has 0 fully saturated rings. The van der Waals surface area contributed by atoms with E-state index in [0.29, 0.717) is 22.3 Å². The summed E-state index contributed by atoms with van der Waals surface area (Å²) in [7, 11) is 0. The summed E-state index contributed by atoms with van der Waals surface area (Å²) in [5.74, 6) is -0.547. The third-order valence-electron chi connectivity index (χ3n) is 2.77. The quantitative estimate of drug-likeness (QED) is 0.385. The highest BCUT2D eigenvalue weighted by Gasteiger charge is 2.11. The summed E-state index contributed by atoms with van der Waals surface area (Å²) in [6.07, 6.45) is 3.84. The summed E-state index contributed by atoms with van der Waals surface area (Å²) in [5.41, 5.74) is 0.341. The summed E-state index contributed by atoms with van der Waals surface area (Å²) < 4.78 is 0. The van der Waals surface area contributed by atoms with E-state index in [-0.39, 0.29) is 12.2 Å². The van der Waals surface area contributed by atoms with Gasteiger partial charge in [-0.3, -0.25) is 4.79 Å². The molecule has 0 saturated carbocycles. The lowest BCUT2D eigenvalue weighted by Crippen LogP contribution is -2.17. The third kappa shape index (κ3) is 6.35. The van der Waals surface area contributed by atoms with Gasteiger partial charge in [-0.15, -0.1) is 0 Å². The fourth-order valence-corrected chi connectivity index (χ4v) is 2.07. The Hall–Kier alpha value is -1.74. The molecule has 0 bridgehead atoms. The monoisotopic (exact) mass is 341 g/mol. The van der Waals surface area contributed by atoms with Crippen molar-refractivity contribution in [2.75, 3.05) is 18.5 Å². The minimum Gasteiger partial charge on any atom is -0.396 e. The summed E-state index contributed by atoms with van der Waals surface area (Å²) in [4.78, 5) is 12.0. The number of amides is 1. The van der Waals surface area contributed by atoms with E-state index in [0.717, 1.165) is 19.3 Å². The van der Waals surface area contributed by atoms with Gasteiger partial charge in [-0.25, -0.2) is 0 Å². The van der Waals surface area contributed by atoms with Gasteiger partial charge in [0, 0.05) is 24.4 Å². The first-order valence-electron chi connectivity index (χ1n) is 6.79. The van der Waals surface area contributed by atoms with Gasteiger partial charge in [0.05, 0.1) is 10.7 Å². The second-order valence-corrected chi connectivity index (χ2v) is 5.33. The highest BCUT2D eigenvalue weighted by atomic mass is 35.5. The first-order chi connectivity index (χ1) is 10.6. The maximum Gasteiger partial charge on any atom is 0.267 e. The average Bonchev–Trinajstić information content (AvgIpc) is 2.49. The molecule has 1 aromatic rings. The van der Waals surface area contributed by atoms with Gasteiger partial charge in [0.1, 0.15) is 11.6 Å². The number of anilines is 1. The van der Waals surface area contributed by atoms with Crippen LogP contribution in [-0.2, 0) is 4.79 Å². The number of hydrogen-bond acceptors (Lipinski definition) is 4. The first-order valence-corrected chi connectivity index (χ1v) is 7.55. The molecule has 7 heteroatoms. The van der Waals surface area contributed by atoms with Crippen LogP contribution in [0.2, 0.25) is 10.0 Å². The first kappa shape index (κ1) is 18.3. The highest BCUT2D eigenvalue weighted by Crippen LogP contribution is 2.25. The molecule has 0 radical (unpaired) electrons. The number of rotatable bonds is 8. The molecular weight excluding hydrogens is 325 g/mol. The van der Waals surface area contributed by atoms with Crippen LogP contribution in [0.1, 0.15) is 19.3 Å². The number of aliphatic hydroxyl groups is 1. The van der Waals surface area contributed by atoms with E-state index in [4.69, 9.17) is 33.6 Å². The van der Waals surface area contributed by atoms with Crippen molar-refractivity contribution in [1.82, 2.24) is 5.32 Å². The molecule has 0 heterocycles. The van der Waals surface area contributed by atoms with Gasteiger partial charge in [-0.05, 0) is 37.5 Å². The summed E-state index contributed by atoms with van der Waals surface area (Å²) in [6.45, 7) is 0.795. The zero-order valence-electron chi connectivity index (χ0n) is 11.9. The molecule has 0 aliphatic rings. The summed E-state index contributed by atoms with van der Waals surface area (Å²) in [5, 5.41) is 23.9. The molecule has 5 nitrogen and oxygen atoms in total. The molecule has 0 saturated heterocycles. The van der Waals surface area contributed by atoms with Crippen molar-refractivity contribution in [2.45, 2.75) is 19.3 Å². The third-order valence-corrected chi connectivity index (χ3v) is 3.32. The lowest BCUT2D eigenvalue weighted by molar-refractivity contribution is -0.112. The Balaban J connectivity index is 2.55. The van der Waals surface area contributed by atoms with Crippen LogP contribution in [-0.4, -0.2) is 24.2 Å². The van der Waals surface area contributed by atoms with Gasteiger partial charge in [-0.1, -0.05) is 23.2 Å². The van der Waals surface area contributed by atoms with Gasteiger partial charge >= 0.3 is 0 Å². The van der Waals surface area contributed by atoms with E-state index < -0.39 is 5.91 Å². The SMILES string of the molecule is N#C/C(=C/NCCCCCO)C(=O)Nc1ccc(Cl)cc1Cl. The van der Waals surface area contributed by atoms with Crippen molar-refractivity contribution >= 4 is 34.8 Å². The van der Waals surface area contributed by atoms with Crippen molar-refractivity contribution in [3.8, 4) is 6.07 Å². The second kappa shape index (κ2) is 10.1. The van der Waals surface area contributed by atoms with Gasteiger partial charge in [-0.2, -0.15) is 5.26 Å². The standard InChI is InChI=1S/C15H17Cl2N3O2/c16-12-4-5-14(13(17)8-12)20-15(22)11(9-18)10-19-6-2-1-3-7-21/h4-5,8,10,19,21H,1-3,6-7H2,(H,20,22)/b11-10-. The minimum atomic E-state index is -0.547. The average molecular weight is 342 g/mol. The molecule has 118 valence electrons. The second-order valence-electron chi connectivity index (χ2n) is 4.49. The van der Waals surface area contributed by atoms with E-state index in [1.54, 1.807) is 12.1 Å². The van der Waals surface area contributed by atoms with Crippen LogP contribution in [0, 0.1) is 11.3 Å². The lowest BCUT2D eigenvalue weighted by Gasteiger charge is -2.07. The highest BCUT2D eigenvalue weighted by molar-refractivity contribution is 6.36. The number of hydrogen-bond donors (Lipinski definition) is 3. The molecule has 0 unspecified atom stereocenters. The molecule has 22 heavy (non-hydrogen) atoms. The minimum absolute atomic E-state index is 0.0480. The van der Waals surface area contributed by atoms with Crippen LogP contribution >= 0.6 is 23.2 Å². The summed E-state index contributed by atoms with van der Waals surface area (Å²) in [6, 6.07) is 6.51. The number of benzene rings is 1. The number of nitrogens with zero attached hydrogens (tertiary/aromatic N) is 1. The smallest absolute Gasteiger partial charge is 0.267 e. The predicted octanol–water partition coefficient (Wildman–Crippen LogP) is 3.09. The number of carbonyl (C=O) groups is 1. The Kier molecular flexibility index (Phi) is 8.38. The molecule has 0 spiro atoms. The normalized spacial score (nSPS) is 10.9. The molecule has 0 atom stereocenters. The molecule has 3 N–H and O–H groups in total. The Bertz CT molecular complexity index is 583. The van der Waals surface area contributed by atoms with Crippen LogP contribution in [0.15, 0.2) is 30.0 Å². The maximum absolute atomic E-state index is 12.0. The molecule has 1 aromatic carbocycles. The number of aliphatic hydroxyl groups excluding tert-OH is 1. The van der Waals surface area contributed by atoms with Crippen molar-refractivity contribution in [3.05, 3.63) is 40.0 Å². The van der Waals surface area contributed by atoms with Crippen molar-refractivity contribution < 1.29 is 9.90 Å². The Morgan fingerprint density at radius 2 is 2.09 bits per heavy atom. The van der Waals surface area contributed by atoms with Crippen LogP contribution in [0.4, 0.5) is 5.69 Å². The Labute approximate surface area is 139 Å². The number of nitriles is 1. The molecule has 1 amide bonds. The Morgan fingerprint density at radius 1 is 1.32 bits per heavy atom. The van der Waals surface area contributed by atoms with Crippen molar-refractivity contribution in [2.24, 2.45) is 0 Å². The Morgan fingerprint density at radius 3 is 2.73 bits per heavy atom. The molecule has 1 rings (SSSR count). The van der Waals surface area contributed by atoms with Crippen molar-refractivity contribution in [1.29, 1.82) is 5.26 Å². The number of halogens is 2. The zero-order chi connectivity index (χ0) is 16.4. The van der Waals surface area contributed by atoms with Crippen LogP contribution in [0.3, 0.4) is 0 Å².